The summed E-state index contributed by atoms with van der Waals surface area (Å²) in [5.74, 6) is -0.675. The van der Waals surface area contributed by atoms with Crippen LogP contribution in [0, 0.1) is 23.7 Å². The number of halogens is 1. The highest BCUT2D eigenvalue weighted by Gasteiger charge is 2.47. The van der Waals surface area contributed by atoms with Crippen molar-refractivity contribution in [3.8, 4) is 0 Å². The topological polar surface area (TPSA) is 128 Å². The van der Waals surface area contributed by atoms with Gasteiger partial charge in [-0.15, -0.1) is 0 Å². The molecule has 50 heavy (non-hydrogen) atoms. The van der Waals surface area contributed by atoms with E-state index in [9.17, 15) is 23.6 Å². The number of ether oxygens (including phenoxy) is 3. The van der Waals surface area contributed by atoms with Crippen LogP contribution in [-0.4, -0.2) is 84.1 Å². The molecule has 1 aliphatic heterocycles. The number of esters is 1. The highest BCUT2D eigenvalue weighted by atomic mass is 19.1. The molecule has 3 amide bonds. The summed E-state index contributed by atoms with van der Waals surface area (Å²) in [4.78, 5) is 55.1. The Kier molecular flexibility index (Phi) is 12.1. The Morgan fingerprint density at radius 1 is 0.980 bits per heavy atom. The van der Waals surface area contributed by atoms with Crippen LogP contribution in [0.2, 0.25) is 0 Å². The summed E-state index contributed by atoms with van der Waals surface area (Å²) in [5.41, 5.74) is 1.18. The van der Waals surface area contributed by atoms with Crippen LogP contribution in [0.3, 0.4) is 0 Å². The summed E-state index contributed by atoms with van der Waals surface area (Å²) in [6.45, 7) is 7.14. The monoisotopic (exact) mass is 698 g/mol. The number of methoxy groups -OCH3 is 1. The molecule has 11 nitrogen and oxygen atoms in total. The summed E-state index contributed by atoms with van der Waals surface area (Å²) < 4.78 is 32.0. The third-order valence-corrected chi connectivity index (χ3v) is 11.0. The molecule has 3 aliphatic rings. The first-order valence-electron chi connectivity index (χ1n) is 18.3. The molecule has 0 spiro atoms. The fraction of sp³-hybridized carbons (Fsp3) is 0.684. The molecule has 2 N–H and O–H groups in total. The number of carbonyl (C=O) groups is 4. The van der Waals surface area contributed by atoms with Crippen molar-refractivity contribution < 1.29 is 37.8 Å². The molecule has 0 bridgehead atoms. The Bertz CT molecular complexity index is 1520. The van der Waals surface area contributed by atoms with E-state index in [0.717, 1.165) is 43.0 Å². The van der Waals surface area contributed by atoms with Crippen molar-refractivity contribution in [1.82, 2.24) is 14.8 Å². The molecule has 12 heteroatoms. The van der Waals surface area contributed by atoms with Crippen molar-refractivity contribution in [3.63, 3.8) is 0 Å². The third-order valence-electron chi connectivity index (χ3n) is 11.0. The van der Waals surface area contributed by atoms with E-state index in [4.69, 9.17) is 14.2 Å². The van der Waals surface area contributed by atoms with E-state index in [2.05, 4.69) is 10.6 Å². The minimum absolute atomic E-state index is 0.0221. The molecular weight excluding hydrogens is 643 g/mol. The van der Waals surface area contributed by atoms with Crippen molar-refractivity contribution in [2.24, 2.45) is 30.7 Å². The van der Waals surface area contributed by atoms with Crippen molar-refractivity contribution in [1.29, 1.82) is 0 Å². The fourth-order valence-electron chi connectivity index (χ4n) is 8.43. The molecule has 1 saturated heterocycles. The Hall–Kier alpha value is -3.67. The minimum Gasteiger partial charge on any atom is -0.461 e. The number of fused-ring (bicyclic) bond motifs is 1. The second kappa shape index (κ2) is 16.1. The number of nitrogens with one attached hydrogen (secondary N) is 2. The molecule has 3 atom stereocenters. The third kappa shape index (κ3) is 8.61. The number of benzene rings is 1. The molecule has 3 fully saturated rings. The number of rotatable bonds is 10. The van der Waals surface area contributed by atoms with Crippen LogP contribution >= 0.6 is 0 Å². The molecule has 276 valence electrons. The van der Waals surface area contributed by atoms with Gasteiger partial charge in [0.25, 0.3) is 0 Å². The number of hydrogen-bond acceptors (Lipinski definition) is 7. The highest BCUT2D eigenvalue weighted by molar-refractivity contribution is 6.01. The van der Waals surface area contributed by atoms with Crippen LogP contribution in [0.25, 0.3) is 10.9 Å². The Balaban J connectivity index is 1.30. The lowest BCUT2D eigenvalue weighted by atomic mass is 9.75. The summed E-state index contributed by atoms with van der Waals surface area (Å²) >= 11 is 0. The van der Waals surface area contributed by atoms with Crippen LogP contribution < -0.4 is 10.6 Å². The molecule has 5 rings (SSSR count). The van der Waals surface area contributed by atoms with E-state index in [1.807, 2.05) is 18.2 Å². The molecule has 2 aliphatic carbocycles. The quantitative estimate of drug-likeness (QED) is 0.276. The van der Waals surface area contributed by atoms with Gasteiger partial charge in [-0.05, 0) is 128 Å². The van der Waals surface area contributed by atoms with E-state index >= 15 is 0 Å². The highest BCUT2D eigenvalue weighted by Crippen LogP contribution is 2.42. The standard InChI is InChI=1S/C38H55FN4O7/c1-7-49-36(46)32-21-26-20-27(14-17-31(26)42(32)5)40-34(44)33-29(23-12-15-28(48-6)16-13-23)18-19-43(33)35(45)25-10-8-24(9-11-25)30(22-39)41-37(47)50-38(2,3)4/h14,17,20-21,23-25,28-30,33H,7-13,15-16,18-19,22H2,1-6H3,(H,40,44)(H,41,47)/t23?,24?,25?,28?,29-,30?,33-/m0/s1. The lowest BCUT2D eigenvalue weighted by Crippen LogP contribution is -2.50. The average Bonchev–Trinajstić information content (AvgIpc) is 3.68. The maximum absolute atomic E-state index is 14.3. The number of hydrogen-bond donors (Lipinski definition) is 2. The van der Waals surface area contributed by atoms with Crippen molar-refractivity contribution >= 4 is 40.5 Å². The lowest BCUT2D eigenvalue weighted by molar-refractivity contribution is -0.142. The summed E-state index contributed by atoms with van der Waals surface area (Å²) in [7, 11) is 3.55. The maximum Gasteiger partial charge on any atom is 0.407 e. The molecule has 2 aromatic rings. The molecule has 2 saturated carbocycles. The van der Waals surface area contributed by atoms with Crippen LogP contribution in [-0.2, 0) is 30.8 Å². The number of aryl methyl sites for hydroxylation is 1. The van der Waals surface area contributed by atoms with Gasteiger partial charge in [0.15, 0.2) is 0 Å². The van der Waals surface area contributed by atoms with Crippen LogP contribution in [0.15, 0.2) is 24.3 Å². The number of nitrogens with zero attached hydrogens (tertiary/aromatic N) is 2. The zero-order chi connectivity index (χ0) is 36.2. The molecular formula is C38H55FN4O7. The van der Waals surface area contributed by atoms with Gasteiger partial charge < -0.3 is 34.3 Å². The largest absolute Gasteiger partial charge is 0.461 e. The van der Waals surface area contributed by atoms with Gasteiger partial charge in [-0.2, -0.15) is 0 Å². The normalized spacial score (nSPS) is 26.3. The maximum atomic E-state index is 14.3. The number of aromatic nitrogens is 1. The van der Waals surface area contributed by atoms with Gasteiger partial charge in [0.2, 0.25) is 11.8 Å². The van der Waals surface area contributed by atoms with E-state index in [1.54, 1.807) is 57.4 Å². The molecule has 2 heterocycles. The van der Waals surface area contributed by atoms with Crippen LogP contribution in [0.1, 0.15) is 96.0 Å². The van der Waals surface area contributed by atoms with Crippen LogP contribution in [0.4, 0.5) is 14.9 Å². The number of carbonyl (C=O) groups excluding carboxylic acids is 4. The lowest BCUT2D eigenvalue weighted by Gasteiger charge is -2.38. The minimum atomic E-state index is -0.706. The average molecular weight is 699 g/mol. The summed E-state index contributed by atoms with van der Waals surface area (Å²) in [5, 5.41) is 6.62. The predicted molar refractivity (Wildman–Crippen MR) is 188 cm³/mol. The number of anilines is 1. The van der Waals surface area contributed by atoms with Gasteiger partial charge in [-0.1, -0.05) is 0 Å². The second-order valence-electron chi connectivity index (χ2n) is 15.3. The number of likely N-dealkylation sites (tertiary alicyclic amines) is 1. The predicted octanol–water partition coefficient (Wildman–Crippen LogP) is 6.39. The van der Waals surface area contributed by atoms with Gasteiger partial charge in [0.05, 0.1) is 18.8 Å². The molecule has 1 unspecified atom stereocenters. The van der Waals surface area contributed by atoms with Gasteiger partial charge in [0, 0.05) is 43.2 Å². The Labute approximate surface area is 294 Å². The molecule has 1 aromatic carbocycles. The Morgan fingerprint density at radius 2 is 1.68 bits per heavy atom. The molecule has 0 radical (unpaired) electrons. The van der Waals surface area contributed by atoms with E-state index in [-0.39, 0.29) is 42.3 Å². The second-order valence-corrected chi connectivity index (χ2v) is 15.3. The van der Waals surface area contributed by atoms with E-state index < -0.39 is 36.4 Å². The number of alkyl halides is 1. The first kappa shape index (κ1) is 37.6. The Morgan fingerprint density at radius 3 is 2.30 bits per heavy atom. The zero-order valence-corrected chi connectivity index (χ0v) is 30.5. The smallest absolute Gasteiger partial charge is 0.407 e. The van der Waals surface area contributed by atoms with Crippen molar-refractivity contribution in [2.45, 2.75) is 109 Å². The van der Waals surface area contributed by atoms with E-state index in [1.165, 1.54) is 0 Å². The van der Waals surface area contributed by atoms with E-state index in [0.29, 0.717) is 49.5 Å². The number of amides is 3. The van der Waals surface area contributed by atoms with Crippen LogP contribution in [0.5, 0.6) is 0 Å². The zero-order valence-electron chi connectivity index (χ0n) is 30.5. The summed E-state index contributed by atoms with van der Waals surface area (Å²) in [6, 6.07) is 6.02. The first-order valence-corrected chi connectivity index (χ1v) is 18.3. The first-order chi connectivity index (χ1) is 23.8. The SMILES string of the molecule is CCOC(=O)c1cc2cc(NC(=O)[C@@H]3[C@H](C4CCC(OC)CC4)CCN3C(=O)C3CCC(C(CF)NC(=O)OC(C)(C)C)CC3)ccc2n1C. The van der Waals surface area contributed by atoms with Gasteiger partial charge in [-0.3, -0.25) is 9.59 Å². The summed E-state index contributed by atoms with van der Waals surface area (Å²) in [6.07, 6.45) is 6.44. The number of alkyl carbamates (subject to hydrolysis) is 1. The fourth-order valence-corrected chi connectivity index (χ4v) is 8.43. The van der Waals surface area contributed by atoms with Gasteiger partial charge >= 0.3 is 12.1 Å². The van der Waals surface area contributed by atoms with Crippen molar-refractivity contribution in [2.75, 3.05) is 32.3 Å². The van der Waals surface area contributed by atoms with Crippen molar-refractivity contribution in [3.05, 3.63) is 30.0 Å². The van der Waals surface area contributed by atoms with Gasteiger partial charge in [0.1, 0.15) is 24.0 Å². The van der Waals surface area contributed by atoms with Gasteiger partial charge in [-0.25, -0.2) is 14.0 Å². The molecule has 1 aromatic heterocycles.